The minimum absolute atomic E-state index is 0.141. The van der Waals surface area contributed by atoms with E-state index in [1.54, 1.807) is 24.2 Å². The van der Waals surface area contributed by atoms with Crippen LogP contribution in [-0.4, -0.2) is 41.8 Å². The van der Waals surface area contributed by atoms with E-state index < -0.39 is 0 Å². The van der Waals surface area contributed by atoms with Gasteiger partial charge in [0, 0.05) is 31.7 Å². The van der Waals surface area contributed by atoms with E-state index in [4.69, 9.17) is 5.73 Å². The molecular weight excluding hydrogens is 316 g/mol. The van der Waals surface area contributed by atoms with E-state index in [9.17, 15) is 9.59 Å². The molecule has 0 spiro atoms. The van der Waals surface area contributed by atoms with Crippen LogP contribution >= 0.6 is 0 Å². The van der Waals surface area contributed by atoms with Crippen LogP contribution < -0.4 is 11.1 Å². The van der Waals surface area contributed by atoms with Gasteiger partial charge in [-0.15, -0.1) is 0 Å². The third-order valence-electron chi connectivity index (χ3n) is 4.62. The van der Waals surface area contributed by atoms with Crippen LogP contribution in [0.2, 0.25) is 0 Å². The summed E-state index contributed by atoms with van der Waals surface area (Å²) in [6, 6.07) is 1.75. The molecule has 0 aliphatic carbocycles. The first kappa shape index (κ1) is 20.9. The molecule has 1 rings (SSSR count). The summed E-state index contributed by atoms with van der Waals surface area (Å²) in [5.41, 5.74) is 6.65. The largest absolute Gasteiger partial charge is 0.383 e. The minimum Gasteiger partial charge on any atom is -0.383 e. The SMILES string of the molecule is CCCC(C)(CCC)C(=O)N(C)CCNC(=O)c1c(C)ccnc1N. The van der Waals surface area contributed by atoms with E-state index in [1.165, 1.54) is 0 Å². The number of hydrogen-bond acceptors (Lipinski definition) is 4. The number of anilines is 1. The molecule has 0 aliphatic heterocycles. The molecule has 6 nitrogen and oxygen atoms in total. The molecule has 0 radical (unpaired) electrons. The molecule has 0 fully saturated rings. The van der Waals surface area contributed by atoms with Crippen LogP contribution in [0.4, 0.5) is 5.82 Å². The predicted octanol–water partition coefficient (Wildman–Crippen LogP) is 2.77. The number of likely N-dealkylation sites (N-methyl/N-ethyl adjacent to an activating group) is 1. The average molecular weight is 348 g/mol. The minimum atomic E-state index is -0.327. The lowest BCUT2D eigenvalue weighted by atomic mass is 9.80. The Morgan fingerprint density at radius 1 is 1.28 bits per heavy atom. The molecule has 0 saturated carbocycles. The van der Waals surface area contributed by atoms with E-state index in [1.807, 2.05) is 13.8 Å². The van der Waals surface area contributed by atoms with E-state index in [0.29, 0.717) is 18.7 Å². The Bertz CT molecular complexity index is 575. The Hall–Kier alpha value is -2.11. The van der Waals surface area contributed by atoms with Crippen molar-refractivity contribution in [3.05, 3.63) is 23.4 Å². The van der Waals surface area contributed by atoms with Crippen molar-refractivity contribution in [3.8, 4) is 0 Å². The van der Waals surface area contributed by atoms with Crippen molar-refractivity contribution in [1.29, 1.82) is 0 Å². The van der Waals surface area contributed by atoms with Crippen molar-refractivity contribution in [2.75, 3.05) is 25.9 Å². The topological polar surface area (TPSA) is 88.3 Å². The zero-order chi connectivity index (χ0) is 19.0. The number of hydrogen-bond donors (Lipinski definition) is 2. The van der Waals surface area contributed by atoms with Crippen LogP contribution in [0, 0.1) is 12.3 Å². The number of nitrogen functional groups attached to an aromatic ring is 1. The molecular formula is C19H32N4O2. The van der Waals surface area contributed by atoms with Gasteiger partial charge in [-0.1, -0.05) is 33.6 Å². The monoisotopic (exact) mass is 348 g/mol. The van der Waals surface area contributed by atoms with E-state index >= 15 is 0 Å². The number of amides is 2. The average Bonchev–Trinajstić information content (AvgIpc) is 2.54. The van der Waals surface area contributed by atoms with Crippen molar-refractivity contribution in [2.45, 2.75) is 53.4 Å². The number of pyridine rings is 1. The summed E-state index contributed by atoms with van der Waals surface area (Å²) >= 11 is 0. The Kier molecular flexibility index (Phi) is 7.87. The summed E-state index contributed by atoms with van der Waals surface area (Å²) in [6.07, 6.45) is 5.29. The highest BCUT2D eigenvalue weighted by Crippen LogP contribution is 2.31. The smallest absolute Gasteiger partial charge is 0.255 e. The molecule has 1 aromatic rings. The van der Waals surface area contributed by atoms with Crippen LogP contribution in [0.5, 0.6) is 0 Å². The summed E-state index contributed by atoms with van der Waals surface area (Å²) in [5, 5.41) is 2.83. The Morgan fingerprint density at radius 3 is 2.40 bits per heavy atom. The molecule has 140 valence electrons. The van der Waals surface area contributed by atoms with Gasteiger partial charge in [0.1, 0.15) is 5.82 Å². The first-order chi connectivity index (χ1) is 11.8. The maximum Gasteiger partial charge on any atom is 0.255 e. The van der Waals surface area contributed by atoms with Gasteiger partial charge < -0.3 is 16.0 Å². The Labute approximate surface area is 151 Å². The summed E-state index contributed by atoms with van der Waals surface area (Å²) in [6.45, 7) is 8.90. The third kappa shape index (κ3) is 5.44. The molecule has 0 aromatic carbocycles. The molecule has 0 unspecified atom stereocenters. The van der Waals surface area contributed by atoms with Gasteiger partial charge in [0.25, 0.3) is 5.91 Å². The number of rotatable bonds is 9. The Balaban J connectivity index is 2.63. The second-order valence-electron chi connectivity index (χ2n) is 6.93. The molecule has 1 aromatic heterocycles. The van der Waals surface area contributed by atoms with Crippen LogP contribution in [0.25, 0.3) is 0 Å². The predicted molar refractivity (Wildman–Crippen MR) is 101 cm³/mol. The van der Waals surface area contributed by atoms with Gasteiger partial charge in [0.05, 0.1) is 5.56 Å². The molecule has 3 N–H and O–H groups in total. The molecule has 0 saturated heterocycles. The van der Waals surface area contributed by atoms with Gasteiger partial charge in [-0.05, 0) is 31.4 Å². The Morgan fingerprint density at radius 2 is 1.88 bits per heavy atom. The van der Waals surface area contributed by atoms with Gasteiger partial charge in [0.15, 0.2) is 0 Å². The van der Waals surface area contributed by atoms with Gasteiger partial charge in [-0.2, -0.15) is 0 Å². The molecule has 2 amide bonds. The molecule has 6 heteroatoms. The summed E-state index contributed by atoms with van der Waals surface area (Å²) < 4.78 is 0. The summed E-state index contributed by atoms with van der Waals surface area (Å²) in [5.74, 6) is 0.108. The maximum absolute atomic E-state index is 12.8. The van der Waals surface area contributed by atoms with Crippen LogP contribution in [0.15, 0.2) is 12.3 Å². The highest BCUT2D eigenvalue weighted by Gasteiger charge is 2.33. The highest BCUT2D eigenvalue weighted by molar-refractivity contribution is 5.99. The first-order valence-corrected chi connectivity index (χ1v) is 9.01. The number of nitrogens with one attached hydrogen (secondary N) is 1. The van der Waals surface area contributed by atoms with Crippen LogP contribution in [0.3, 0.4) is 0 Å². The molecule has 0 aliphatic rings. The number of aryl methyl sites for hydroxylation is 1. The molecule has 25 heavy (non-hydrogen) atoms. The zero-order valence-electron chi connectivity index (χ0n) is 16.2. The second kappa shape index (κ2) is 9.39. The normalized spacial score (nSPS) is 11.2. The van der Waals surface area contributed by atoms with Crippen molar-refractivity contribution in [2.24, 2.45) is 5.41 Å². The van der Waals surface area contributed by atoms with E-state index in [-0.39, 0.29) is 23.0 Å². The van der Waals surface area contributed by atoms with Gasteiger partial charge in [-0.25, -0.2) is 4.98 Å². The lowest BCUT2D eigenvalue weighted by molar-refractivity contribution is -0.140. The van der Waals surface area contributed by atoms with Crippen molar-refractivity contribution >= 4 is 17.6 Å². The molecule has 0 atom stereocenters. The number of aromatic nitrogens is 1. The lowest BCUT2D eigenvalue weighted by Gasteiger charge is -2.32. The number of carbonyl (C=O) groups is 2. The quantitative estimate of drug-likeness (QED) is 0.718. The molecule has 1 heterocycles. The summed E-state index contributed by atoms with van der Waals surface area (Å²) in [7, 11) is 1.79. The standard InChI is InChI=1S/C19H32N4O2/c1-6-9-19(4,10-7-2)18(25)23(5)13-12-22-17(24)15-14(3)8-11-21-16(15)20/h8,11H,6-7,9-10,12-13H2,1-5H3,(H2,20,21)(H,22,24). The van der Waals surface area contributed by atoms with Crippen LogP contribution in [0.1, 0.15) is 62.4 Å². The molecule has 0 bridgehead atoms. The highest BCUT2D eigenvalue weighted by atomic mass is 16.2. The van der Waals surface area contributed by atoms with Crippen molar-refractivity contribution in [3.63, 3.8) is 0 Å². The number of carbonyl (C=O) groups excluding carboxylic acids is 2. The van der Waals surface area contributed by atoms with E-state index in [2.05, 4.69) is 24.1 Å². The van der Waals surface area contributed by atoms with Gasteiger partial charge in [0.2, 0.25) is 5.91 Å². The van der Waals surface area contributed by atoms with E-state index in [0.717, 1.165) is 31.2 Å². The van der Waals surface area contributed by atoms with Gasteiger partial charge >= 0.3 is 0 Å². The maximum atomic E-state index is 12.8. The number of nitrogens with two attached hydrogens (primary N) is 1. The van der Waals surface area contributed by atoms with Crippen molar-refractivity contribution < 1.29 is 9.59 Å². The third-order valence-corrected chi connectivity index (χ3v) is 4.62. The van der Waals surface area contributed by atoms with Crippen molar-refractivity contribution in [1.82, 2.24) is 15.2 Å². The fraction of sp³-hybridized carbons (Fsp3) is 0.632. The van der Waals surface area contributed by atoms with Gasteiger partial charge in [-0.3, -0.25) is 9.59 Å². The zero-order valence-corrected chi connectivity index (χ0v) is 16.2. The number of nitrogens with zero attached hydrogens (tertiary/aromatic N) is 2. The lowest BCUT2D eigenvalue weighted by Crippen LogP contribution is -2.43. The second-order valence-corrected chi connectivity index (χ2v) is 6.93. The fourth-order valence-electron chi connectivity index (χ4n) is 3.30. The van der Waals surface area contributed by atoms with Crippen LogP contribution in [-0.2, 0) is 4.79 Å². The summed E-state index contributed by atoms with van der Waals surface area (Å²) in [4.78, 5) is 30.8. The fourth-order valence-corrected chi connectivity index (χ4v) is 3.30. The first-order valence-electron chi connectivity index (χ1n) is 9.01.